The molecule has 2 fully saturated rings. The summed E-state index contributed by atoms with van der Waals surface area (Å²) in [6.45, 7) is 1.10. The Kier molecular flexibility index (Phi) is 18.3. The molecule has 1 aliphatic carbocycles. The van der Waals surface area contributed by atoms with Gasteiger partial charge in [-0.25, -0.2) is 0 Å². The molecule has 264 valence electrons. The van der Waals surface area contributed by atoms with Gasteiger partial charge in [0.1, 0.15) is 6.61 Å². The highest BCUT2D eigenvalue weighted by molar-refractivity contribution is 6.36. The van der Waals surface area contributed by atoms with Gasteiger partial charge in [-0.3, -0.25) is 19.2 Å². The van der Waals surface area contributed by atoms with Crippen molar-refractivity contribution in [1.29, 1.82) is 0 Å². The largest absolute Gasteiger partial charge is 0.481 e. The minimum atomic E-state index is -0.725. The third-order valence-electron chi connectivity index (χ3n) is 8.18. The molecule has 1 aliphatic heterocycles. The minimum Gasteiger partial charge on any atom is -0.481 e. The Bertz CT molecular complexity index is 1480. The fourth-order valence-corrected chi connectivity index (χ4v) is 6.28. The van der Waals surface area contributed by atoms with Crippen molar-refractivity contribution in [2.45, 2.75) is 57.1 Å². The van der Waals surface area contributed by atoms with Gasteiger partial charge in [0.15, 0.2) is 5.78 Å². The van der Waals surface area contributed by atoms with Crippen molar-refractivity contribution in [1.82, 2.24) is 9.63 Å². The highest BCUT2D eigenvalue weighted by atomic mass is 35.5. The summed E-state index contributed by atoms with van der Waals surface area (Å²) in [5.41, 5.74) is 2.38. The highest BCUT2D eigenvalue weighted by Gasteiger charge is 2.30. The smallest absolute Gasteiger partial charge is 0.306 e. The molecule has 0 bridgehead atoms. The molecular weight excluding hydrogens is 661 g/mol. The third kappa shape index (κ3) is 10.7. The Morgan fingerprint density at radius 3 is 2.32 bits per heavy atom. The lowest BCUT2D eigenvalue weighted by molar-refractivity contribution is -0.186. The van der Waals surface area contributed by atoms with Crippen LogP contribution in [0.15, 0.2) is 42.6 Å². The van der Waals surface area contributed by atoms with Crippen molar-refractivity contribution in [3.8, 4) is 0 Å². The van der Waals surface area contributed by atoms with Crippen LogP contribution in [-0.2, 0) is 32.6 Å². The van der Waals surface area contributed by atoms with Crippen molar-refractivity contribution in [3.63, 3.8) is 0 Å². The molecule has 0 spiro atoms. The van der Waals surface area contributed by atoms with Crippen LogP contribution in [0.1, 0.15) is 54.4 Å². The Labute approximate surface area is 282 Å². The summed E-state index contributed by atoms with van der Waals surface area (Å²) >= 11 is 13.0. The number of benzene rings is 2. The number of carbonyl (C=O) groups is 3. The molecular formula is C31H45Cl2N3O11. The van der Waals surface area contributed by atoms with Gasteiger partial charge in [0, 0.05) is 42.1 Å². The van der Waals surface area contributed by atoms with Crippen molar-refractivity contribution < 1.29 is 56.4 Å². The van der Waals surface area contributed by atoms with Gasteiger partial charge in [-0.2, -0.15) is 5.06 Å². The van der Waals surface area contributed by atoms with Crippen molar-refractivity contribution in [2.75, 3.05) is 25.1 Å². The number of halogens is 2. The van der Waals surface area contributed by atoms with Crippen LogP contribution in [0.25, 0.3) is 10.9 Å². The Morgan fingerprint density at radius 1 is 0.957 bits per heavy atom. The monoisotopic (exact) mass is 705 g/mol. The van der Waals surface area contributed by atoms with Crippen LogP contribution in [-0.4, -0.2) is 91.7 Å². The Balaban J connectivity index is 0.00000423. The predicted molar refractivity (Wildman–Crippen MR) is 179 cm³/mol. The predicted octanol–water partition coefficient (Wildman–Crippen LogP) is 1.78. The number of amides is 1. The number of para-hydroxylation sites is 1. The lowest BCUT2D eigenvalue weighted by Gasteiger charge is -2.29. The summed E-state index contributed by atoms with van der Waals surface area (Å²) in [5.74, 6) is -1.45. The molecule has 1 aromatic heterocycles. The number of carboxylic acids is 1. The molecule has 2 aromatic carbocycles. The number of hydroxylamine groups is 2. The van der Waals surface area contributed by atoms with E-state index in [0.717, 1.165) is 36.6 Å². The van der Waals surface area contributed by atoms with E-state index in [4.69, 9.17) is 32.8 Å². The number of aromatic nitrogens is 1. The van der Waals surface area contributed by atoms with Crippen LogP contribution in [0, 0.1) is 5.92 Å². The summed E-state index contributed by atoms with van der Waals surface area (Å²) in [6.07, 6.45) is 6.51. The molecule has 1 saturated heterocycles. The fourth-order valence-electron chi connectivity index (χ4n) is 5.82. The molecule has 14 nitrogen and oxygen atoms in total. The third-order valence-corrected chi connectivity index (χ3v) is 8.84. The first-order chi connectivity index (χ1) is 20.2. The molecule has 0 unspecified atom stereocenters. The van der Waals surface area contributed by atoms with E-state index in [1.165, 1.54) is 0 Å². The normalized spacial score (nSPS) is 18.8. The first-order valence-electron chi connectivity index (χ1n) is 14.3. The number of ether oxygens (including phenoxy) is 1. The molecule has 1 atom stereocenters. The molecule has 5 rings (SSSR count). The number of aliphatic carboxylic acids is 1. The second-order valence-corrected chi connectivity index (χ2v) is 11.9. The molecule has 3 aromatic rings. The number of carbonyl (C=O) groups excluding carboxylic acids is 2. The van der Waals surface area contributed by atoms with Crippen LogP contribution in [0.4, 0.5) is 5.69 Å². The van der Waals surface area contributed by atoms with E-state index in [1.807, 2.05) is 40.9 Å². The van der Waals surface area contributed by atoms with Gasteiger partial charge in [-0.15, -0.1) is 0 Å². The number of ketones is 1. The number of Topliss-reactive ketones (excluding diaryl/α,β-unsaturated/α-hetero) is 1. The lowest BCUT2D eigenvalue weighted by Crippen LogP contribution is -2.37. The Morgan fingerprint density at radius 2 is 1.64 bits per heavy atom. The van der Waals surface area contributed by atoms with Gasteiger partial charge in [0.2, 0.25) is 0 Å². The highest BCUT2D eigenvalue weighted by Crippen LogP contribution is 2.32. The van der Waals surface area contributed by atoms with Crippen LogP contribution < -0.4 is 5.32 Å². The summed E-state index contributed by atoms with van der Waals surface area (Å²) in [4.78, 5) is 42.9. The summed E-state index contributed by atoms with van der Waals surface area (Å²) in [7, 11) is 1.88. The van der Waals surface area contributed by atoms with Gasteiger partial charge < -0.3 is 47.1 Å². The number of nitrogens with zero attached hydrogens (tertiary/aromatic N) is 2. The summed E-state index contributed by atoms with van der Waals surface area (Å²) in [5, 5.41) is 15.3. The first kappa shape index (κ1) is 43.9. The van der Waals surface area contributed by atoms with Crippen LogP contribution >= 0.6 is 23.2 Å². The Hall–Kier alpha value is -3.15. The molecule has 1 saturated carbocycles. The number of nitrogens with one attached hydrogen (secondary N) is 1. The van der Waals surface area contributed by atoms with Crippen molar-refractivity contribution >= 4 is 57.5 Å². The second kappa shape index (κ2) is 19.6. The SMILES string of the molecule is Cn1cc(C(=O)Nc2cc(Cl)c(CC(=O)CON3CCC[C@H]3COC3CCC(C(=O)O)CC3)cc2Cl)c2ccccc21.O.O.O.O.O. The maximum atomic E-state index is 13.0. The molecule has 1 amide bonds. The molecule has 0 radical (unpaired) electrons. The van der Waals surface area contributed by atoms with Crippen molar-refractivity contribution in [2.24, 2.45) is 13.0 Å². The van der Waals surface area contributed by atoms with E-state index in [1.54, 1.807) is 18.3 Å². The van der Waals surface area contributed by atoms with Crippen LogP contribution in [0.5, 0.6) is 0 Å². The topological polar surface area (TPSA) is 268 Å². The van der Waals surface area contributed by atoms with Gasteiger partial charge in [0.25, 0.3) is 5.91 Å². The van der Waals surface area contributed by atoms with E-state index in [9.17, 15) is 19.5 Å². The number of hydrogen-bond acceptors (Lipinski definition) is 6. The molecule has 47 heavy (non-hydrogen) atoms. The number of hydrogen-bond donors (Lipinski definition) is 2. The number of aryl methyl sites for hydroxylation is 1. The zero-order chi connectivity index (χ0) is 29.8. The minimum absolute atomic E-state index is 0. The summed E-state index contributed by atoms with van der Waals surface area (Å²) < 4.78 is 7.97. The molecule has 12 N–H and O–H groups in total. The first-order valence-corrected chi connectivity index (χ1v) is 15.0. The molecule has 2 aliphatic rings. The number of anilines is 1. The lowest BCUT2D eigenvalue weighted by atomic mass is 9.87. The second-order valence-electron chi connectivity index (χ2n) is 11.1. The number of fused-ring (bicyclic) bond motifs is 1. The number of carboxylic acid groups (broad SMARTS) is 1. The van der Waals surface area contributed by atoms with E-state index in [-0.39, 0.29) is 75.2 Å². The average Bonchev–Trinajstić information content (AvgIpc) is 3.57. The molecule has 2 heterocycles. The van der Waals surface area contributed by atoms with E-state index in [0.29, 0.717) is 47.8 Å². The van der Waals surface area contributed by atoms with Gasteiger partial charge in [-0.05, 0) is 62.3 Å². The average molecular weight is 707 g/mol. The van der Waals surface area contributed by atoms with Crippen LogP contribution in [0.3, 0.4) is 0 Å². The maximum absolute atomic E-state index is 13.0. The zero-order valence-electron chi connectivity index (χ0n) is 26.0. The van der Waals surface area contributed by atoms with Gasteiger partial charge >= 0.3 is 5.97 Å². The van der Waals surface area contributed by atoms with E-state index >= 15 is 0 Å². The number of rotatable bonds is 11. The maximum Gasteiger partial charge on any atom is 0.306 e. The van der Waals surface area contributed by atoms with E-state index in [2.05, 4.69) is 5.32 Å². The van der Waals surface area contributed by atoms with Gasteiger partial charge in [0.05, 0.1) is 40.9 Å². The summed E-state index contributed by atoms with van der Waals surface area (Å²) in [6, 6.07) is 10.9. The fraction of sp³-hybridized carbons (Fsp3) is 0.452. The van der Waals surface area contributed by atoms with Crippen molar-refractivity contribution in [3.05, 3.63) is 63.8 Å². The van der Waals surface area contributed by atoms with E-state index < -0.39 is 5.97 Å². The standard InChI is InChI=1S/C31H35Cl2N3O6.5H2O/c1-35-16-25(24-6-2-3-7-29(24)35)30(38)34-28-15-26(32)20(14-27(28)33)13-22(37)18-42-36-12-4-5-21(36)17-41-23-10-8-19(9-11-23)31(39)40;;;;;/h2-3,6-7,14-16,19,21,23H,4-5,8-13,17-18H2,1H3,(H,34,38)(H,39,40);5*1H2/t19?,21-,23?;;;;;/m0...../s1. The zero-order valence-corrected chi connectivity index (χ0v) is 27.5. The van der Waals surface area contributed by atoms with Crippen LogP contribution in [0.2, 0.25) is 10.0 Å². The molecule has 16 heteroatoms. The quantitative estimate of drug-likeness (QED) is 0.298. The van der Waals surface area contributed by atoms with Gasteiger partial charge in [-0.1, -0.05) is 41.4 Å².